The van der Waals surface area contributed by atoms with Crippen LogP contribution in [0.3, 0.4) is 0 Å². The molecule has 0 aliphatic heterocycles. The molecule has 2 N–H and O–H groups in total. The summed E-state index contributed by atoms with van der Waals surface area (Å²) in [4.78, 5) is 12.0. The molecule has 0 aliphatic carbocycles. The van der Waals surface area contributed by atoms with Crippen molar-refractivity contribution in [3.8, 4) is 6.07 Å². The van der Waals surface area contributed by atoms with Gasteiger partial charge in [0.15, 0.2) is 0 Å². The Morgan fingerprint density at radius 1 is 1.23 bits per heavy atom. The van der Waals surface area contributed by atoms with Crippen LogP contribution in [0.1, 0.15) is 17.5 Å². The van der Waals surface area contributed by atoms with Crippen LogP contribution in [-0.2, 0) is 4.79 Å². The lowest BCUT2D eigenvalue weighted by Crippen LogP contribution is -2.16. The van der Waals surface area contributed by atoms with Crippen LogP contribution in [-0.4, -0.2) is 12.5 Å². The number of rotatable bonds is 5. The van der Waals surface area contributed by atoms with Gasteiger partial charge in [0.1, 0.15) is 6.07 Å². The van der Waals surface area contributed by atoms with E-state index in [1.54, 1.807) is 6.07 Å². The van der Waals surface area contributed by atoms with E-state index in [1.165, 1.54) is 0 Å². The largest absolute Gasteiger partial charge is 0.383 e. The van der Waals surface area contributed by atoms with Crippen molar-refractivity contribution in [2.45, 2.75) is 13.3 Å². The second-order valence-corrected chi connectivity index (χ2v) is 5.72. The maximum absolute atomic E-state index is 12.0. The first-order valence-corrected chi connectivity index (χ1v) is 7.68. The second kappa shape index (κ2) is 7.62. The molecule has 2 rings (SSSR count). The maximum atomic E-state index is 12.0. The van der Waals surface area contributed by atoms with Gasteiger partial charge in [0.25, 0.3) is 0 Å². The number of nitriles is 1. The lowest BCUT2D eigenvalue weighted by atomic mass is 10.2. The third-order valence-corrected chi connectivity index (χ3v) is 3.77. The van der Waals surface area contributed by atoms with Crippen molar-refractivity contribution in [3.63, 3.8) is 0 Å². The zero-order valence-corrected chi connectivity index (χ0v) is 13.8. The predicted octanol–water partition coefficient (Wildman–Crippen LogP) is 4.07. The smallest absolute Gasteiger partial charge is 0.226 e. The van der Waals surface area contributed by atoms with Crippen molar-refractivity contribution in [1.29, 1.82) is 5.26 Å². The third-order valence-electron chi connectivity index (χ3n) is 3.11. The first kappa shape index (κ1) is 16.1. The number of nitrogens with one attached hydrogen (secondary N) is 2. The molecule has 22 heavy (non-hydrogen) atoms. The number of aryl methyl sites for hydroxylation is 1. The highest BCUT2D eigenvalue weighted by Crippen LogP contribution is 2.23. The molecule has 0 bridgehead atoms. The van der Waals surface area contributed by atoms with Gasteiger partial charge in [-0.05, 0) is 52.7 Å². The van der Waals surface area contributed by atoms with E-state index in [0.29, 0.717) is 18.5 Å². The average Bonchev–Trinajstić information content (AvgIpc) is 2.50. The van der Waals surface area contributed by atoms with Gasteiger partial charge in [-0.25, -0.2) is 0 Å². The average molecular weight is 358 g/mol. The van der Waals surface area contributed by atoms with Gasteiger partial charge in [-0.1, -0.05) is 18.2 Å². The van der Waals surface area contributed by atoms with Crippen molar-refractivity contribution >= 4 is 33.2 Å². The van der Waals surface area contributed by atoms with Crippen LogP contribution < -0.4 is 10.6 Å². The lowest BCUT2D eigenvalue weighted by Gasteiger charge is -2.10. The van der Waals surface area contributed by atoms with Gasteiger partial charge >= 0.3 is 0 Å². The van der Waals surface area contributed by atoms with Gasteiger partial charge in [-0.15, -0.1) is 0 Å². The molecule has 0 atom stereocenters. The van der Waals surface area contributed by atoms with Crippen LogP contribution in [0.2, 0.25) is 0 Å². The standard InChI is InChI=1S/C17H16BrN3O/c1-12-6-7-16(14(18)10-12)21-17(22)8-9-20-15-5-3-2-4-13(15)11-19/h2-7,10,20H,8-9H2,1H3,(H,21,22). The summed E-state index contributed by atoms with van der Waals surface area (Å²) < 4.78 is 0.864. The maximum Gasteiger partial charge on any atom is 0.226 e. The first-order chi connectivity index (χ1) is 10.6. The highest BCUT2D eigenvalue weighted by atomic mass is 79.9. The van der Waals surface area contributed by atoms with E-state index in [-0.39, 0.29) is 5.91 Å². The molecule has 0 radical (unpaired) electrons. The molecule has 0 saturated heterocycles. The van der Waals surface area contributed by atoms with Gasteiger partial charge < -0.3 is 10.6 Å². The number of anilines is 2. The van der Waals surface area contributed by atoms with E-state index in [1.807, 2.05) is 43.3 Å². The molecule has 0 saturated carbocycles. The van der Waals surface area contributed by atoms with Crippen molar-refractivity contribution in [2.24, 2.45) is 0 Å². The summed E-state index contributed by atoms with van der Waals surface area (Å²) in [7, 11) is 0. The Balaban J connectivity index is 1.87. The van der Waals surface area contributed by atoms with Gasteiger partial charge in [-0.3, -0.25) is 4.79 Å². The first-order valence-electron chi connectivity index (χ1n) is 6.89. The van der Waals surface area contributed by atoms with Crippen LogP contribution in [0.25, 0.3) is 0 Å². The number of carbonyl (C=O) groups excluding carboxylic acids is 1. The molecule has 4 nitrogen and oxygen atoms in total. The molecule has 0 fully saturated rings. The van der Waals surface area contributed by atoms with Gasteiger partial charge in [0, 0.05) is 17.4 Å². The number of hydrogen-bond donors (Lipinski definition) is 2. The van der Waals surface area contributed by atoms with Crippen molar-refractivity contribution in [3.05, 3.63) is 58.1 Å². The summed E-state index contributed by atoms with van der Waals surface area (Å²) in [6.45, 7) is 2.46. The molecular weight excluding hydrogens is 342 g/mol. The summed E-state index contributed by atoms with van der Waals surface area (Å²) in [6.07, 6.45) is 0.320. The third kappa shape index (κ3) is 4.34. The number of para-hydroxylation sites is 1. The van der Waals surface area contributed by atoms with Crippen LogP contribution in [0.5, 0.6) is 0 Å². The van der Waals surface area contributed by atoms with Gasteiger partial charge in [-0.2, -0.15) is 5.26 Å². The minimum absolute atomic E-state index is 0.0773. The molecule has 0 heterocycles. The molecule has 2 aromatic carbocycles. The quantitative estimate of drug-likeness (QED) is 0.847. The molecule has 0 aliphatic rings. The number of amides is 1. The number of benzene rings is 2. The highest BCUT2D eigenvalue weighted by molar-refractivity contribution is 9.10. The van der Waals surface area contributed by atoms with E-state index in [0.717, 1.165) is 21.4 Å². The number of halogens is 1. The summed E-state index contributed by atoms with van der Waals surface area (Å²) in [6, 6.07) is 15.1. The topological polar surface area (TPSA) is 64.9 Å². The normalized spacial score (nSPS) is 9.86. The monoisotopic (exact) mass is 357 g/mol. The van der Waals surface area contributed by atoms with Crippen molar-refractivity contribution in [1.82, 2.24) is 0 Å². The molecule has 2 aromatic rings. The van der Waals surface area contributed by atoms with Crippen LogP contribution >= 0.6 is 15.9 Å². The molecule has 1 amide bonds. The van der Waals surface area contributed by atoms with Crippen LogP contribution in [0.15, 0.2) is 46.9 Å². The summed E-state index contributed by atoms with van der Waals surface area (Å²) in [5.74, 6) is -0.0773. The van der Waals surface area contributed by atoms with Crippen molar-refractivity contribution in [2.75, 3.05) is 17.2 Å². The second-order valence-electron chi connectivity index (χ2n) is 4.87. The molecule has 112 valence electrons. The molecule has 0 unspecified atom stereocenters. The SMILES string of the molecule is Cc1ccc(NC(=O)CCNc2ccccc2C#N)c(Br)c1. The minimum atomic E-state index is -0.0773. The van der Waals surface area contributed by atoms with E-state index in [2.05, 4.69) is 32.6 Å². The summed E-state index contributed by atoms with van der Waals surface area (Å²) >= 11 is 3.43. The summed E-state index contributed by atoms with van der Waals surface area (Å²) in [5, 5.41) is 15.0. The van der Waals surface area contributed by atoms with Gasteiger partial charge in [0.2, 0.25) is 5.91 Å². The lowest BCUT2D eigenvalue weighted by molar-refractivity contribution is -0.115. The van der Waals surface area contributed by atoms with E-state index in [9.17, 15) is 4.79 Å². The Morgan fingerprint density at radius 3 is 2.73 bits per heavy atom. The number of carbonyl (C=O) groups is 1. The van der Waals surface area contributed by atoms with Gasteiger partial charge in [0.05, 0.1) is 16.9 Å². The Bertz CT molecular complexity index is 722. The highest BCUT2D eigenvalue weighted by Gasteiger charge is 2.06. The van der Waals surface area contributed by atoms with E-state index >= 15 is 0 Å². The number of nitrogens with zero attached hydrogens (tertiary/aromatic N) is 1. The zero-order valence-electron chi connectivity index (χ0n) is 12.2. The summed E-state index contributed by atoms with van der Waals surface area (Å²) in [5.41, 5.74) is 3.20. The Kier molecular flexibility index (Phi) is 5.56. The predicted molar refractivity (Wildman–Crippen MR) is 91.8 cm³/mol. The van der Waals surface area contributed by atoms with E-state index < -0.39 is 0 Å². The fourth-order valence-electron chi connectivity index (χ4n) is 1.98. The Labute approximate surface area is 138 Å². The van der Waals surface area contributed by atoms with Crippen LogP contribution in [0.4, 0.5) is 11.4 Å². The molecular formula is C17H16BrN3O. The van der Waals surface area contributed by atoms with Crippen molar-refractivity contribution < 1.29 is 4.79 Å². The Hall–Kier alpha value is -2.32. The zero-order chi connectivity index (χ0) is 15.9. The molecule has 5 heteroatoms. The minimum Gasteiger partial charge on any atom is -0.383 e. The fraction of sp³-hybridized carbons (Fsp3) is 0.176. The molecule has 0 aromatic heterocycles. The number of hydrogen-bond acceptors (Lipinski definition) is 3. The fourth-order valence-corrected chi connectivity index (χ4v) is 2.57. The van der Waals surface area contributed by atoms with E-state index in [4.69, 9.17) is 5.26 Å². The Morgan fingerprint density at radius 2 is 2.00 bits per heavy atom. The molecule has 0 spiro atoms. The van der Waals surface area contributed by atoms with Crippen LogP contribution in [0, 0.1) is 18.3 Å².